The van der Waals surface area contributed by atoms with Gasteiger partial charge in [0, 0.05) is 18.0 Å². The highest BCUT2D eigenvalue weighted by Crippen LogP contribution is 2.04. The molecule has 8 heavy (non-hydrogen) atoms. The first kappa shape index (κ1) is 5.72. The SMILES string of the molecule is OC[CH]c1nccs1. The monoisotopic (exact) mass is 128 g/mol. The topological polar surface area (TPSA) is 33.1 Å². The average Bonchev–Trinajstić information content (AvgIpc) is 2.19. The van der Waals surface area contributed by atoms with E-state index in [9.17, 15) is 0 Å². The van der Waals surface area contributed by atoms with Crippen molar-refractivity contribution in [3.63, 3.8) is 0 Å². The summed E-state index contributed by atoms with van der Waals surface area (Å²) in [6.07, 6.45) is 3.39. The van der Waals surface area contributed by atoms with Gasteiger partial charge in [-0.15, -0.1) is 11.3 Å². The fourth-order valence-electron chi connectivity index (χ4n) is 0.413. The van der Waals surface area contributed by atoms with Crippen molar-refractivity contribution in [3.8, 4) is 0 Å². The zero-order chi connectivity index (χ0) is 5.82. The van der Waals surface area contributed by atoms with Crippen LogP contribution < -0.4 is 0 Å². The Morgan fingerprint density at radius 2 is 2.75 bits per heavy atom. The summed E-state index contributed by atoms with van der Waals surface area (Å²) in [6.45, 7) is 0.0769. The Labute approximate surface area is 51.8 Å². The van der Waals surface area contributed by atoms with Gasteiger partial charge in [0.05, 0.1) is 11.6 Å². The van der Waals surface area contributed by atoms with Crippen LogP contribution in [0.5, 0.6) is 0 Å². The maximum absolute atomic E-state index is 8.35. The lowest BCUT2D eigenvalue weighted by Crippen LogP contribution is -1.83. The number of aliphatic hydroxyl groups is 1. The Balaban J connectivity index is 2.50. The van der Waals surface area contributed by atoms with Crippen molar-refractivity contribution in [3.05, 3.63) is 23.0 Å². The lowest BCUT2D eigenvalue weighted by atomic mass is 10.5. The average molecular weight is 128 g/mol. The molecular formula is C5H6NOS. The molecule has 1 N–H and O–H groups in total. The van der Waals surface area contributed by atoms with Crippen molar-refractivity contribution in [2.24, 2.45) is 0 Å². The molecule has 0 saturated heterocycles. The molecule has 43 valence electrons. The number of nitrogens with zero attached hydrogens (tertiary/aromatic N) is 1. The summed E-state index contributed by atoms with van der Waals surface area (Å²) in [6, 6.07) is 0. The lowest BCUT2D eigenvalue weighted by Gasteiger charge is -1.83. The molecule has 1 rings (SSSR count). The Morgan fingerprint density at radius 1 is 1.88 bits per heavy atom. The smallest absolute Gasteiger partial charge is 0.0986 e. The first-order valence-corrected chi connectivity index (χ1v) is 3.15. The Morgan fingerprint density at radius 3 is 3.25 bits per heavy atom. The molecule has 0 aliphatic heterocycles. The Kier molecular flexibility index (Phi) is 2.00. The van der Waals surface area contributed by atoms with E-state index in [1.54, 1.807) is 12.6 Å². The zero-order valence-corrected chi connectivity index (χ0v) is 5.06. The van der Waals surface area contributed by atoms with Gasteiger partial charge in [0.25, 0.3) is 0 Å². The molecular weight excluding hydrogens is 122 g/mol. The maximum atomic E-state index is 8.35. The molecule has 0 fully saturated rings. The molecule has 0 saturated carbocycles. The van der Waals surface area contributed by atoms with Crippen LogP contribution in [0.3, 0.4) is 0 Å². The highest BCUT2D eigenvalue weighted by Gasteiger charge is 1.90. The van der Waals surface area contributed by atoms with E-state index in [1.165, 1.54) is 11.3 Å². The predicted molar refractivity (Wildman–Crippen MR) is 32.6 cm³/mol. The van der Waals surface area contributed by atoms with Crippen molar-refractivity contribution in [1.82, 2.24) is 4.98 Å². The van der Waals surface area contributed by atoms with Gasteiger partial charge >= 0.3 is 0 Å². The van der Waals surface area contributed by atoms with Crippen LogP contribution in [0, 0.1) is 6.42 Å². The summed E-state index contributed by atoms with van der Waals surface area (Å²) in [5, 5.41) is 11.1. The molecule has 0 aliphatic rings. The molecule has 1 radical (unpaired) electrons. The molecule has 0 aromatic carbocycles. The number of aromatic nitrogens is 1. The van der Waals surface area contributed by atoms with Gasteiger partial charge < -0.3 is 5.11 Å². The number of aliphatic hydroxyl groups excluding tert-OH is 1. The van der Waals surface area contributed by atoms with Crippen LogP contribution in [0.4, 0.5) is 0 Å². The number of rotatable bonds is 2. The van der Waals surface area contributed by atoms with Gasteiger partial charge in [-0.3, -0.25) is 0 Å². The second kappa shape index (κ2) is 2.79. The van der Waals surface area contributed by atoms with Crippen molar-refractivity contribution < 1.29 is 5.11 Å². The minimum absolute atomic E-state index is 0.0769. The second-order valence-electron chi connectivity index (χ2n) is 1.26. The quantitative estimate of drug-likeness (QED) is 0.635. The number of hydrogen-bond donors (Lipinski definition) is 1. The van der Waals surface area contributed by atoms with E-state index in [-0.39, 0.29) is 6.61 Å². The molecule has 0 unspecified atom stereocenters. The van der Waals surface area contributed by atoms with E-state index >= 15 is 0 Å². The standard InChI is InChI=1S/C5H6NOS/c7-3-1-5-6-2-4-8-5/h1-2,4,7H,3H2. The van der Waals surface area contributed by atoms with Gasteiger partial charge in [-0.25, -0.2) is 4.98 Å². The lowest BCUT2D eigenvalue weighted by molar-refractivity contribution is 0.331. The first-order chi connectivity index (χ1) is 3.93. The summed E-state index contributed by atoms with van der Waals surface area (Å²) in [7, 11) is 0. The van der Waals surface area contributed by atoms with Crippen LogP contribution in [0.1, 0.15) is 5.01 Å². The van der Waals surface area contributed by atoms with Crippen LogP contribution in [0.15, 0.2) is 11.6 Å². The minimum atomic E-state index is 0.0769. The maximum Gasteiger partial charge on any atom is 0.0986 e. The largest absolute Gasteiger partial charge is 0.396 e. The van der Waals surface area contributed by atoms with Gasteiger partial charge in [0.2, 0.25) is 0 Å². The van der Waals surface area contributed by atoms with Crippen LogP contribution in [-0.4, -0.2) is 16.7 Å². The normalized spacial score (nSPS) is 9.62. The molecule has 0 atom stereocenters. The predicted octanol–water partition coefficient (Wildman–Crippen LogP) is 0.688. The highest BCUT2D eigenvalue weighted by atomic mass is 32.1. The highest BCUT2D eigenvalue weighted by molar-refractivity contribution is 7.09. The van der Waals surface area contributed by atoms with Gasteiger partial charge in [0.1, 0.15) is 0 Å². The van der Waals surface area contributed by atoms with E-state index in [0.717, 1.165) is 5.01 Å². The number of hydrogen-bond acceptors (Lipinski definition) is 3. The molecule has 0 aliphatic carbocycles. The van der Waals surface area contributed by atoms with Gasteiger partial charge in [-0.05, 0) is 0 Å². The number of thiazole rings is 1. The van der Waals surface area contributed by atoms with Crippen LogP contribution in [0.25, 0.3) is 0 Å². The molecule has 3 heteroatoms. The van der Waals surface area contributed by atoms with E-state index in [1.807, 2.05) is 5.38 Å². The molecule has 0 bridgehead atoms. The van der Waals surface area contributed by atoms with Gasteiger partial charge in [-0.2, -0.15) is 0 Å². The fraction of sp³-hybridized carbons (Fsp3) is 0.200. The van der Waals surface area contributed by atoms with Crippen LogP contribution in [-0.2, 0) is 0 Å². The molecule has 1 aromatic rings. The summed E-state index contributed by atoms with van der Waals surface area (Å²) in [5.41, 5.74) is 0. The summed E-state index contributed by atoms with van der Waals surface area (Å²) < 4.78 is 0. The van der Waals surface area contributed by atoms with E-state index in [4.69, 9.17) is 5.11 Å². The molecule has 1 aromatic heterocycles. The Hall–Kier alpha value is -0.410. The third kappa shape index (κ3) is 1.28. The van der Waals surface area contributed by atoms with Gasteiger partial charge in [0.15, 0.2) is 0 Å². The van der Waals surface area contributed by atoms with E-state index in [2.05, 4.69) is 4.98 Å². The molecule has 0 amide bonds. The minimum Gasteiger partial charge on any atom is -0.396 e. The van der Waals surface area contributed by atoms with Crippen molar-refractivity contribution >= 4 is 11.3 Å². The molecule has 1 heterocycles. The first-order valence-electron chi connectivity index (χ1n) is 2.27. The third-order valence-corrected chi connectivity index (χ3v) is 1.49. The summed E-state index contributed by atoms with van der Waals surface area (Å²) >= 11 is 1.52. The van der Waals surface area contributed by atoms with Crippen molar-refractivity contribution in [2.75, 3.05) is 6.61 Å². The Bertz CT molecular complexity index is 138. The van der Waals surface area contributed by atoms with E-state index in [0.29, 0.717) is 0 Å². The van der Waals surface area contributed by atoms with E-state index < -0.39 is 0 Å². The fourth-order valence-corrected chi connectivity index (χ4v) is 0.967. The summed E-state index contributed by atoms with van der Waals surface area (Å²) in [4.78, 5) is 3.91. The van der Waals surface area contributed by atoms with Crippen molar-refractivity contribution in [2.45, 2.75) is 0 Å². The van der Waals surface area contributed by atoms with Crippen LogP contribution in [0.2, 0.25) is 0 Å². The third-order valence-electron chi connectivity index (χ3n) is 0.717. The van der Waals surface area contributed by atoms with Crippen LogP contribution >= 0.6 is 11.3 Å². The summed E-state index contributed by atoms with van der Waals surface area (Å²) in [5.74, 6) is 0. The second-order valence-corrected chi connectivity index (χ2v) is 2.18. The molecule has 0 spiro atoms. The zero-order valence-electron chi connectivity index (χ0n) is 4.24. The van der Waals surface area contributed by atoms with Crippen molar-refractivity contribution in [1.29, 1.82) is 0 Å². The molecule has 2 nitrogen and oxygen atoms in total. The van der Waals surface area contributed by atoms with Gasteiger partial charge in [-0.1, -0.05) is 0 Å².